The van der Waals surface area contributed by atoms with E-state index in [1.54, 1.807) is 18.2 Å². The van der Waals surface area contributed by atoms with Crippen LogP contribution < -0.4 is 10.0 Å². The number of fused-ring (bicyclic) bond motifs is 1. The molecule has 0 aliphatic carbocycles. The summed E-state index contributed by atoms with van der Waals surface area (Å²) in [6.07, 6.45) is 3.24. The Labute approximate surface area is 200 Å². The molecule has 0 fully saturated rings. The molecule has 0 aliphatic heterocycles. The van der Waals surface area contributed by atoms with Gasteiger partial charge in [0.15, 0.2) is 0 Å². The number of benzene rings is 4. The van der Waals surface area contributed by atoms with Crippen LogP contribution in [0.1, 0.15) is 22.3 Å². The standard InChI is InChI=1S/C28H26N2O3S/c1-19-17-20(2)28(21(3)18-19)30-34(32,33)25-14-12-24(13-15-25)29-27(31)16-11-23-9-6-8-22-7-4-5-10-26(22)23/h4-18,30H,1-3H3,(H,29,31)/b16-11+. The first-order valence-corrected chi connectivity index (χ1v) is 12.4. The van der Waals surface area contributed by atoms with Gasteiger partial charge in [-0.3, -0.25) is 9.52 Å². The average Bonchev–Trinajstić information content (AvgIpc) is 2.80. The highest BCUT2D eigenvalue weighted by Gasteiger charge is 2.17. The topological polar surface area (TPSA) is 75.3 Å². The predicted molar refractivity (Wildman–Crippen MR) is 140 cm³/mol. The zero-order valence-electron chi connectivity index (χ0n) is 19.3. The zero-order chi connectivity index (χ0) is 24.3. The van der Waals surface area contributed by atoms with Crippen LogP contribution in [0.5, 0.6) is 0 Å². The molecule has 5 nitrogen and oxygen atoms in total. The third kappa shape index (κ3) is 5.18. The highest BCUT2D eigenvalue weighted by molar-refractivity contribution is 7.92. The number of hydrogen-bond acceptors (Lipinski definition) is 3. The minimum atomic E-state index is -3.76. The van der Waals surface area contributed by atoms with Crippen molar-refractivity contribution < 1.29 is 13.2 Å². The smallest absolute Gasteiger partial charge is 0.261 e. The van der Waals surface area contributed by atoms with E-state index in [1.165, 1.54) is 18.2 Å². The molecular weight excluding hydrogens is 444 g/mol. The molecule has 0 aliphatic rings. The number of carbonyl (C=O) groups excluding carboxylic acids is 1. The van der Waals surface area contributed by atoms with Crippen LogP contribution in [0.4, 0.5) is 11.4 Å². The van der Waals surface area contributed by atoms with E-state index in [2.05, 4.69) is 10.0 Å². The zero-order valence-corrected chi connectivity index (χ0v) is 20.1. The molecule has 0 unspecified atom stereocenters. The molecule has 0 aromatic heterocycles. The fraction of sp³-hybridized carbons (Fsp3) is 0.107. The number of hydrogen-bond donors (Lipinski definition) is 2. The minimum absolute atomic E-state index is 0.121. The SMILES string of the molecule is Cc1cc(C)c(NS(=O)(=O)c2ccc(NC(=O)/C=C/c3cccc4ccccc34)cc2)c(C)c1. The number of sulfonamides is 1. The predicted octanol–water partition coefficient (Wildman–Crippen LogP) is 6.22. The van der Waals surface area contributed by atoms with Crippen LogP contribution in [0.2, 0.25) is 0 Å². The number of nitrogens with one attached hydrogen (secondary N) is 2. The number of carbonyl (C=O) groups is 1. The van der Waals surface area contributed by atoms with Crippen molar-refractivity contribution in [1.82, 2.24) is 0 Å². The molecule has 0 atom stereocenters. The Kier molecular flexibility index (Phi) is 6.52. The summed E-state index contributed by atoms with van der Waals surface area (Å²) in [5.74, 6) is -0.299. The maximum absolute atomic E-state index is 12.9. The van der Waals surface area contributed by atoms with E-state index < -0.39 is 10.0 Å². The molecule has 0 bridgehead atoms. The van der Waals surface area contributed by atoms with Crippen molar-refractivity contribution in [3.8, 4) is 0 Å². The van der Waals surface area contributed by atoms with Crippen molar-refractivity contribution in [2.24, 2.45) is 0 Å². The third-order valence-electron chi connectivity index (χ3n) is 5.58. The molecule has 0 heterocycles. The number of amides is 1. The van der Waals surface area contributed by atoms with Gasteiger partial charge in [-0.15, -0.1) is 0 Å². The van der Waals surface area contributed by atoms with Gasteiger partial charge in [-0.25, -0.2) is 8.42 Å². The van der Waals surface area contributed by atoms with Crippen molar-refractivity contribution in [1.29, 1.82) is 0 Å². The molecule has 0 spiro atoms. The monoisotopic (exact) mass is 470 g/mol. The summed E-state index contributed by atoms with van der Waals surface area (Å²) in [6, 6.07) is 23.9. The fourth-order valence-corrected chi connectivity index (χ4v) is 5.20. The Morgan fingerprint density at radius 1 is 0.824 bits per heavy atom. The van der Waals surface area contributed by atoms with Gasteiger partial charge in [-0.1, -0.05) is 60.2 Å². The van der Waals surface area contributed by atoms with Gasteiger partial charge in [0.2, 0.25) is 5.91 Å². The molecule has 0 saturated heterocycles. The lowest BCUT2D eigenvalue weighted by Gasteiger charge is -2.14. The number of anilines is 2. The second-order valence-corrected chi connectivity index (χ2v) is 9.98. The molecule has 34 heavy (non-hydrogen) atoms. The Balaban J connectivity index is 1.46. The van der Waals surface area contributed by atoms with Crippen molar-refractivity contribution in [2.75, 3.05) is 10.0 Å². The average molecular weight is 471 g/mol. The van der Waals surface area contributed by atoms with E-state index in [9.17, 15) is 13.2 Å². The first-order chi connectivity index (χ1) is 16.2. The maximum atomic E-state index is 12.9. The van der Waals surface area contributed by atoms with Crippen LogP contribution in [0, 0.1) is 20.8 Å². The summed E-state index contributed by atoms with van der Waals surface area (Å²) in [5.41, 5.74) is 4.84. The van der Waals surface area contributed by atoms with Crippen LogP contribution >= 0.6 is 0 Å². The molecule has 4 aromatic rings. The summed E-state index contributed by atoms with van der Waals surface area (Å²) in [4.78, 5) is 12.5. The van der Waals surface area contributed by atoms with Gasteiger partial charge in [0.05, 0.1) is 10.6 Å². The van der Waals surface area contributed by atoms with Crippen LogP contribution in [0.15, 0.2) is 89.8 Å². The molecule has 4 rings (SSSR count). The lowest BCUT2D eigenvalue weighted by Crippen LogP contribution is -2.15. The molecule has 172 valence electrons. The Hall–Kier alpha value is -3.90. The van der Waals surface area contributed by atoms with Gasteiger partial charge in [0, 0.05) is 11.8 Å². The highest BCUT2D eigenvalue weighted by Crippen LogP contribution is 2.26. The molecular formula is C28H26N2O3S. The van der Waals surface area contributed by atoms with Crippen molar-refractivity contribution in [3.05, 3.63) is 107 Å². The van der Waals surface area contributed by atoms with Gasteiger partial charge < -0.3 is 5.32 Å². The van der Waals surface area contributed by atoms with E-state index in [-0.39, 0.29) is 10.8 Å². The van der Waals surface area contributed by atoms with Crippen LogP contribution in [0.3, 0.4) is 0 Å². The lowest BCUT2D eigenvalue weighted by atomic mass is 10.0. The summed E-state index contributed by atoms with van der Waals surface area (Å²) >= 11 is 0. The largest absolute Gasteiger partial charge is 0.323 e. The number of rotatable bonds is 6. The van der Waals surface area contributed by atoms with Crippen molar-refractivity contribution in [3.63, 3.8) is 0 Å². The van der Waals surface area contributed by atoms with Gasteiger partial charge in [0.1, 0.15) is 0 Å². The van der Waals surface area contributed by atoms with E-state index in [1.807, 2.05) is 75.4 Å². The van der Waals surface area contributed by atoms with Gasteiger partial charge in [0.25, 0.3) is 10.0 Å². The second kappa shape index (κ2) is 9.53. The molecule has 2 N–H and O–H groups in total. The van der Waals surface area contributed by atoms with E-state index in [0.29, 0.717) is 11.4 Å². The van der Waals surface area contributed by atoms with Gasteiger partial charge >= 0.3 is 0 Å². The summed E-state index contributed by atoms with van der Waals surface area (Å²) in [6.45, 7) is 5.73. The van der Waals surface area contributed by atoms with E-state index in [4.69, 9.17) is 0 Å². The summed E-state index contributed by atoms with van der Waals surface area (Å²) < 4.78 is 28.4. The molecule has 4 aromatic carbocycles. The van der Waals surface area contributed by atoms with E-state index in [0.717, 1.165) is 33.0 Å². The van der Waals surface area contributed by atoms with Crippen LogP contribution in [0.25, 0.3) is 16.8 Å². The van der Waals surface area contributed by atoms with Gasteiger partial charge in [-0.05, 0) is 78.6 Å². The second-order valence-electron chi connectivity index (χ2n) is 8.29. The molecule has 6 heteroatoms. The first kappa shape index (κ1) is 23.3. The lowest BCUT2D eigenvalue weighted by molar-refractivity contribution is -0.111. The van der Waals surface area contributed by atoms with Crippen molar-refractivity contribution in [2.45, 2.75) is 25.7 Å². The number of aryl methyl sites for hydroxylation is 3. The first-order valence-electron chi connectivity index (χ1n) is 10.9. The highest BCUT2D eigenvalue weighted by atomic mass is 32.2. The summed E-state index contributed by atoms with van der Waals surface area (Å²) in [5, 5.41) is 4.94. The summed E-state index contributed by atoms with van der Waals surface area (Å²) in [7, 11) is -3.76. The van der Waals surface area contributed by atoms with Crippen LogP contribution in [-0.2, 0) is 14.8 Å². The van der Waals surface area contributed by atoms with Gasteiger partial charge in [-0.2, -0.15) is 0 Å². The third-order valence-corrected chi connectivity index (χ3v) is 6.95. The Morgan fingerprint density at radius 3 is 2.18 bits per heavy atom. The molecule has 0 radical (unpaired) electrons. The quantitative estimate of drug-likeness (QED) is 0.329. The molecule has 0 saturated carbocycles. The fourth-order valence-electron chi connectivity index (χ4n) is 4.00. The Bertz CT molecular complexity index is 1480. The molecule has 1 amide bonds. The Morgan fingerprint density at radius 2 is 1.47 bits per heavy atom. The normalized spacial score (nSPS) is 11.6. The minimum Gasteiger partial charge on any atom is -0.323 e. The van der Waals surface area contributed by atoms with Crippen LogP contribution in [-0.4, -0.2) is 14.3 Å². The van der Waals surface area contributed by atoms with Crippen molar-refractivity contribution >= 4 is 44.2 Å². The van der Waals surface area contributed by atoms with E-state index >= 15 is 0 Å². The maximum Gasteiger partial charge on any atom is 0.261 e.